The third-order valence-electron chi connectivity index (χ3n) is 7.69. The van der Waals surface area contributed by atoms with Crippen LogP contribution in [0.1, 0.15) is 25.3 Å². The number of ether oxygens (including phenoxy) is 2. The standard InChI is InChI=1S/C27H32BrClN2O6/c1-5-11-30(21-15(4)9-8-10-18(21)29)25(34)23-27-13-17(28)22(37-27)19(26(35)36-12-6-2)20(27)24(33)31(23)16(7-3)14-32/h5-6,8-10,16-17,19-20,22-23,32H,1-2,7,11-14H2,3-4H3/t16-,17?,19+,20-,22+,23?,27?/m0/s1. The smallest absolute Gasteiger partial charge is 0.312 e. The fourth-order valence-electron chi connectivity index (χ4n) is 6.19. The minimum atomic E-state index is -1.28. The predicted molar refractivity (Wildman–Crippen MR) is 144 cm³/mol. The number of amides is 2. The summed E-state index contributed by atoms with van der Waals surface area (Å²) < 4.78 is 11.8. The average molecular weight is 596 g/mol. The van der Waals surface area contributed by atoms with Crippen molar-refractivity contribution in [1.29, 1.82) is 0 Å². The highest BCUT2D eigenvalue weighted by atomic mass is 79.9. The van der Waals surface area contributed by atoms with Gasteiger partial charge in [0.05, 0.1) is 41.3 Å². The van der Waals surface area contributed by atoms with E-state index in [4.69, 9.17) is 21.1 Å². The lowest BCUT2D eigenvalue weighted by Crippen LogP contribution is -2.59. The number of carbonyl (C=O) groups is 3. The van der Waals surface area contributed by atoms with E-state index >= 15 is 0 Å². The Hall–Kier alpha value is -2.20. The first kappa shape index (κ1) is 27.8. The van der Waals surface area contributed by atoms with E-state index in [0.717, 1.165) is 5.56 Å². The maximum Gasteiger partial charge on any atom is 0.312 e. The number of nitrogens with zero attached hydrogens (tertiary/aromatic N) is 2. The van der Waals surface area contributed by atoms with Crippen LogP contribution in [0.5, 0.6) is 0 Å². The molecule has 7 atom stereocenters. The van der Waals surface area contributed by atoms with E-state index in [0.29, 0.717) is 23.6 Å². The van der Waals surface area contributed by atoms with E-state index in [2.05, 4.69) is 29.1 Å². The molecule has 4 rings (SSSR count). The molecule has 3 aliphatic heterocycles. The summed E-state index contributed by atoms with van der Waals surface area (Å²) in [6.45, 7) is 10.9. The average Bonchev–Trinajstić information content (AvgIpc) is 3.46. The molecule has 3 aliphatic rings. The number of anilines is 1. The number of esters is 1. The second-order valence-corrected chi connectivity index (χ2v) is 11.3. The van der Waals surface area contributed by atoms with Crippen molar-refractivity contribution in [2.24, 2.45) is 11.8 Å². The molecule has 3 unspecified atom stereocenters. The lowest BCUT2D eigenvalue weighted by molar-refractivity contribution is -0.154. The van der Waals surface area contributed by atoms with Gasteiger partial charge in [0.2, 0.25) is 5.91 Å². The number of carbonyl (C=O) groups excluding carboxylic acids is 3. The van der Waals surface area contributed by atoms with Crippen LogP contribution < -0.4 is 4.90 Å². The topological polar surface area (TPSA) is 96.4 Å². The number of rotatable bonds is 10. The van der Waals surface area contributed by atoms with Gasteiger partial charge in [-0.05, 0) is 31.4 Å². The van der Waals surface area contributed by atoms with Crippen LogP contribution in [0.15, 0.2) is 43.5 Å². The number of benzene rings is 1. The summed E-state index contributed by atoms with van der Waals surface area (Å²) in [5, 5.41) is 10.6. The number of likely N-dealkylation sites (tertiary alicyclic amines) is 1. The zero-order valence-corrected chi connectivity index (χ0v) is 23.3. The number of alkyl halides is 1. The van der Waals surface area contributed by atoms with Gasteiger partial charge in [0, 0.05) is 11.4 Å². The third kappa shape index (κ3) is 4.33. The summed E-state index contributed by atoms with van der Waals surface area (Å²) >= 11 is 10.2. The zero-order valence-electron chi connectivity index (χ0n) is 20.9. The molecule has 37 heavy (non-hydrogen) atoms. The van der Waals surface area contributed by atoms with Gasteiger partial charge in [-0.15, -0.1) is 6.58 Å². The van der Waals surface area contributed by atoms with Crippen LogP contribution in [0, 0.1) is 18.8 Å². The minimum Gasteiger partial charge on any atom is -0.461 e. The number of aryl methyl sites for hydroxylation is 1. The fourth-order valence-corrected chi connectivity index (χ4v) is 7.46. The maximum atomic E-state index is 14.5. The number of para-hydroxylation sites is 1. The molecule has 0 aliphatic carbocycles. The van der Waals surface area contributed by atoms with Crippen LogP contribution in [0.3, 0.4) is 0 Å². The molecular formula is C27H32BrClN2O6. The number of aliphatic hydroxyl groups is 1. The molecule has 8 nitrogen and oxygen atoms in total. The van der Waals surface area contributed by atoms with Crippen molar-refractivity contribution in [2.45, 2.75) is 55.3 Å². The first-order valence-corrected chi connectivity index (χ1v) is 13.7. The van der Waals surface area contributed by atoms with E-state index in [-0.39, 0.29) is 24.6 Å². The highest BCUT2D eigenvalue weighted by Gasteiger charge is 2.77. The maximum absolute atomic E-state index is 14.5. The summed E-state index contributed by atoms with van der Waals surface area (Å²) in [5.74, 6) is -3.17. The lowest BCUT2D eigenvalue weighted by atomic mass is 9.70. The number of fused-ring (bicyclic) bond motifs is 1. The summed E-state index contributed by atoms with van der Waals surface area (Å²) in [6.07, 6.45) is 3.18. The molecule has 0 radical (unpaired) electrons. The molecule has 2 amide bonds. The molecule has 1 aromatic carbocycles. The van der Waals surface area contributed by atoms with Gasteiger partial charge in [-0.3, -0.25) is 14.4 Å². The third-order valence-corrected chi connectivity index (χ3v) is 8.84. The minimum absolute atomic E-state index is 0.00209. The molecule has 2 bridgehead atoms. The molecule has 0 aromatic heterocycles. The Morgan fingerprint density at radius 3 is 2.73 bits per heavy atom. The Bertz CT molecular complexity index is 1090. The normalized spacial score (nSPS) is 30.7. The van der Waals surface area contributed by atoms with Crippen LogP contribution in [0.25, 0.3) is 0 Å². The molecule has 1 aromatic rings. The molecule has 3 saturated heterocycles. The second-order valence-electron chi connectivity index (χ2n) is 9.72. The molecule has 3 fully saturated rings. The summed E-state index contributed by atoms with van der Waals surface area (Å²) in [4.78, 5) is 44.4. The highest BCUT2D eigenvalue weighted by Crippen LogP contribution is 2.61. The Kier molecular flexibility index (Phi) is 8.19. The van der Waals surface area contributed by atoms with Crippen LogP contribution in [-0.4, -0.2) is 76.2 Å². The molecule has 200 valence electrons. The van der Waals surface area contributed by atoms with E-state index in [1.807, 2.05) is 19.9 Å². The molecule has 0 saturated carbocycles. The van der Waals surface area contributed by atoms with Gasteiger partial charge in [-0.25, -0.2) is 0 Å². The predicted octanol–water partition coefficient (Wildman–Crippen LogP) is 3.42. The Balaban J connectivity index is 1.86. The molecule has 10 heteroatoms. The number of aliphatic hydroxyl groups excluding tert-OH is 1. The van der Waals surface area contributed by atoms with Crippen molar-refractivity contribution >= 4 is 51.0 Å². The van der Waals surface area contributed by atoms with E-state index in [1.54, 1.807) is 18.2 Å². The SMILES string of the molecule is C=CCOC(=O)[C@H]1[C@@H]2OC3(CC2Br)C(C(=O)N(CC=C)c2c(C)cccc2Cl)N([C@@H](CC)CO)C(=O)[C@H]13. The van der Waals surface area contributed by atoms with Gasteiger partial charge in [0.1, 0.15) is 18.2 Å². The number of halogens is 2. The van der Waals surface area contributed by atoms with Crippen LogP contribution in [0.2, 0.25) is 5.02 Å². The summed E-state index contributed by atoms with van der Waals surface area (Å²) in [7, 11) is 0. The highest BCUT2D eigenvalue weighted by molar-refractivity contribution is 9.09. The van der Waals surface area contributed by atoms with E-state index < -0.39 is 53.4 Å². The van der Waals surface area contributed by atoms with Gasteiger partial charge in [-0.2, -0.15) is 0 Å². The molecule has 1 spiro atoms. The van der Waals surface area contributed by atoms with Gasteiger partial charge in [0.25, 0.3) is 5.91 Å². The van der Waals surface area contributed by atoms with E-state index in [1.165, 1.54) is 15.9 Å². The summed E-state index contributed by atoms with van der Waals surface area (Å²) in [6, 6.07) is 3.63. The largest absolute Gasteiger partial charge is 0.461 e. The molecular weight excluding hydrogens is 564 g/mol. The Labute approximate surface area is 230 Å². The van der Waals surface area contributed by atoms with Gasteiger partial charge in [0.15, 0.2) is 0 Å². The summed E-state index contributed by atoms with van der Waals surface area (Å²) in [5.41, 5.74) is 0.0214. The first-order valence-electron chi connectivity index (χ1n) is 12.4. The van der Waals surface area contributed by atoms with Crippen molar-refractivity contribution in [3.05, 3.63) is 54.1 Å². The van der Waals surface area contributed by atoms with Gasteiger partial charge >= 0.3 is 5.97 Å². The molecule has 3 heterocycles. The monoisotopic (exact) mass is 594 g/mol. The number of hydrogen-bond donors (Lipinski definition) is 1. The van der Waals surface area contributed by atoms with E-state index in [9.17, 15) is 19.5 Å². The number of hydrogen-bond acceptors (Lipinski definition) is 6. The lowest BCUT2D eigenvalue weighted by Gasteiger charge is -2.39. The van der Waals surface area contributed by atoms with Crippen LogP contribution in [-0.2, 0) is 23.9 Å². The van der Waals surface area contributed by atoms with Crippen molar-refractivity contribution in [1.82, 2.24) is 4.90 Å². The fraction of sp³-hybridized carbons (Fsp3) is 0.519. The molecule has 1 N–H and O–H groups in total. The quantitative estimate of drug-likeness (QED) is 0.253. The Morgan fingerprint density at radius 1 is 1.41 bits per heavy atom. The zero-order chi connectivity index (χ0) is 27.1. The second kappa shape index (κ2) is 10.9. The van der Waals surface area contributed by atoms with Crippen molar-refractivity contribution in [3.8, 4) is 0 Å². The van der Waals surface area contributed by atoms with Crippen molar-refractivity contribution in [3.63, 3.8) is 0 Å². The van der Waals surface area contributed by atoms with Crippen molar-refractivity contribution in [2.75, 3.05) is 24.7 Å². The van der Waals surface area contributed by atoms with Crippen molar-refractivity contribution < 1.29 is 29.0 Å². The van der Waals surface area contributed by atoms with Gasteiger partial charge in [-0.1, -0.05) is 65.3 Å². The Morgan fingerprint density at radius 2 is 2.14 bits per heavy atom. The van der Waals surface area contributed by atoms with Crippen LogP contribution in [0.4, 0.5) is 5.69 Å². The van der Waals surface area contributed by atoms with Crippen LogP contribution >= 0.6 is 27.5 Å². The first-order chi connectivity index (χ1) is 17.7. The van der Waals surface area contributed by atoms with Gasteiger partial charge < -0.3 is 24.4 Å².